The molecule has 15 heavy (non-hydrogen) atoms. The van der Waals surface area contributed by atoms with Gasteiger partial charge in [0, 0.05) is 11.9 Å². The first kappa shape index (κ1) is 9.64. The summed E-state index contributed by atoms with van der Waals surface area (Å²) in [5, 5.41) is 18.4. The van der Waals surface area contributed by atoms with Crippen LogP contribution in [0.25, 0.3) is 11.0 Å². The zero-order chi connectivity index (χ0) is 10.8. The molecule has 1 heterocycles. The van der Waals surface area contributed by atoms with Gasteiger partial charge in [-0.2, -0.15) is 0 Å². The molecule has 0 fully saturated rings. The molecule has 1 aromatic carbocycles. The zero-order valence-corrected chi connectivity index (χ0v) is 8.25. The van der Waals surface area contributed by atoms with Gasteiger partial charge in [-0.15, -0.1) is 5.10 Å². The first-order valence-electron chi connectivity index (χ1n) is 4.67. The minimum Gasteiger partial charge on any atom is -0.550 e. The average molecular weight is 204 g/mol. The second kappa shape index (κ2) is 3.68. The van der Waals surface area contributed by atoms with Crippen molar-refractivity contribution in [2.24, 2.45) is 5.92 Å². The summed E-state index contributed by atoms with van der Waals surface area (Å²) in [5.74, 6) is -1.65. The van der Waals surface area contributed by atoms with E-state index in [0.717, 1.165) is 11.0 Å². The lowest BCUT2D eigenvalue weighted by Crippen LogP contribution is -2.32. The smallest absolute Gasteiger partial charge is 0.113 e. The van der Waals surface area contributed by atoms with Gasteiger partial charge >= 0.3 is 0 Å². The van der Waals surface area contributed by atoms with Crippen LogP contribution in [0.15, 0.2) is 24.3 Å². The highest BCUT2D eigenvalue weighted by atomic mass is 16.4. The lowest BCUT2D eigenvalue weighted by Gasteiger charge is -2.11. The van der Waals surface area contributed by atoms with Crippen LogP contribution in [0.4, 0.5) is 0 Å². The maximum absolute atomic E-state index is 10.6. The van der Waals surface area contributed by atoms with Crippen molar-refractivity contribution in [3.05, 3.63) is 24.3 Å². The molecule has 0 aliphatic heterocycles. The summed E-state index contributed by atoms with van der Waals surface area (Å²) in [6, 6.07) is 7.43. The number of para-hydroxylation sites is 1. The van der Waals surface area contributed by atoms with Crippen molar-refractivity contribution in [1.29, 1.82) is 0 Å². The summed E-state index contributed by atoms with van der Waals surface area (Å²) in [4.78, 5) is 10.6. The molecule has 0 amide bonds. The van der Waals surface area contributed by atoms with Crippen LogP contribution < -0.4 is 5.11 Å². The van der Waals surface area contributed by atoms with Crippen LogP contribution in [-0.2, 0) is 11.3 Å². The molecule has 0 aliphatic rings. The third-order valence-corrected chi connectivity index (χ3v) is 2.27. The second-order valence-corrected chi connectivity index (χ2v) is 3.48. The van der Waals surface area contributed by atoms with Crippen LogP contribution in [0.1, 0.15) is 6.92 Å². The number of nitrogens with zero attached hydrogens (tertiary/aromatic N) is 3. The van der Waals surface area contributed by atoms with E-state index in [0.29, 0.717) is 0 Å². The minimum absolute atomic E-state index is 0.281. The molecule has 0 saturated heterocycles. The van der Waals surface area contributed by atoms with Gasteiger partial charge in [-0.1, -0.05) is 24.3 Å². The van der Waals surface area contributed by atoms with Gasteiger partial charge in [0.05, 0.1) is 12.1 Å². The Morgan fingerprint density at radius 1 is 1.53 bits per heavy atom. The molecule has 0 spiro atoms. The number of aliphatic carboxylic acids is 1. The molecule has 0 aliphatic carbocycles. The molecule has 2 aromatic rings. The van der Waals surface area contributed by atoms with E-state index in [-0.39, 0.29) is 6.54 Å². The van der Waals surface area contributed by atoms with E-state index in [2.05, 4.69) is 10.3 Å². The number of carboxylic acids is 1. The highest BCUT2D eigenvalue weighted by Crippen LogP contribution is 2.11. The monoisotopic (exact) mass is 204 g/mol. The van der Waals surface area contributed by atoms with Crippen molar-refractivity contribution in [2.45, 2.75) is 13.5 Å². The van der Waals surface area contributed by atoms with Gasteiger partial charge in [0.2, 0.25) is 0 Å². The van der Waals surface area contributed by atoms with E-state index in [4.69, 9.17) is 0 Å². The Labute approximate surface area is 86.3 Å². The SMILES string of the molecule is C[C@@H](Cn1nnc2ccccc21)C(=O)[O-]. The lowest BCUT2D eigenvalue weighted by atomic mass is 10.2. The van der Waals surface area contributed by atoms with Gasteiger partial charge in [0.25, 0.3) is 0 Å². The number of benzene rings is 1. The standard InChI is InChI=1S/C10H11N3O2/c1-7(10(14)15)6-13-9-5-3-2-4-8(9)11-12-13/h2-5,7H,6H2,1H3,(H,14,15)/p-1/t7-/m0/s1. The summed E-state index contributed by atoms with van der Waals surface area (Å²) < 4.78 is 1.58. The largest absolute Gasteiger partial charge is 0.550 e. The maximum atomic E-state index is 10.6. The summed E-state index contributed by atoms with van der Waals surface area (Å²) >= 11 is 0. The van der Waals surface area contributed by atoms with Crippen LogP contribution in [0.5, 0.6) is 0 Å². The zero-order valence-electron chi connectivity index (χ0n) is 8.25. The van der Waals surface area contributed by atoms with E-state index >= 15 is 0 Å². The fourth-order valence-corrected chi connectivity index (χ4v) is 1.39. The Hall–Kier alpha value is -1.91. The summed E-state index contributed by atoms with van der Waals surface area (Å²) in [5.41, 5.74) is 1.61. The van der Waals surface area contributed by atoms with Crippen molar-refractivity contribution in [3.8, 4) is 0 Å². The third-order valence-electron chi connectivity index (χ3n) is 2.27. The van der Waals surface area contributed by atoms with Crippen LogP contribution >= 0.6 is 0 Å². The quantitative estimate of drug-likeness (QED) is 0.695. The van der Waals surface area contributed by atoms with Gasteiger partial charge in [0.1, 0.15) is 5.52 Å². The average Bonchev–Trinajstić information content (AvgIpc) is 2.62. The number of hydrogen-bond acceptors (Lipinski definition) is 4. The molecule has 0 radical (unpaired) electrons. The Morgan fingerprint density at radius 3 is 3.00 bits per heavy atom. The van der Waals surface area contributed by atoms with Gasteiger partial charge in [-0.25, -0.2) is 4.68 Å². The third kappa shape index (κ3) is 1.81. The van der Waals surface area contributed by atoms with E-state index in [9.17, 15) is 9.90 Å². The summed E-state index contributed by atoms with van der Waals surface area (Å²) in [6.45, 7) is 1.87. The summed E-state index contributed by atoms with van der Waals surface area (Å²) in [6.07, 6.45) is 0. The van der Waals surface area contributed by atoms with E-state index < -0.39 is 11.9 Å². The molecule has 5 heteroatoms. The van der Waals surface area contributed by atoms with Crippen molar-refractivity contribution >= 4 is 17.0 Å². The highest BCUT2D eigenvalue weighted by Gasteiger charge is 2.08. The first-order chi connectivity index (χ1) is 7.18. The fourth-order valence-electron chi connectivity index (χ4n) is 1.39. The summed E-state index contributed by atoms with van der Waals surface area (Å²) in [7, 11) is 0. The van der Waals surface area contributed by atoms with Gasteiger partial charge in [-0.3, -0.25) is 0 Å². The Balaban J connectivity index is 2.32. The molecule has 1 atom stereocenters. The molecule has 0 N–H and O–H groups in total. The highest BCUT2D eigenvalue weighted by molar-refractivity contribution is 5.74. The maximum Gasteiger partial charge on any atom is 0.113 e. The number of rotatable bonds is 3. The van der Waals surface area contributed by atoms with Crippen molar-refractivity contribution in [1.82, 2.24) is 15.0 Å². The van der Waals surface area contributed by atoms with Crippen molar-refractivity contribution < 1.29 is 9.90 Å². The normalized spacial score (nSPS) is 12.9. The van der Waals surface area contributed by atoms with Crippen molar-refractivity contribution in [2.75, 3.05) is 0 Å². The number of hydrogen-bond donors (Lipinski definition) is 0. The van der Waals surface area contributed by atoms with Gasteiger partial charge in [0.15, 0.2) is 0 Å². The van der Waals surface area contributed by atoms with Gasteiger partial charge in [-0.05, 0) is 12.1 Å². The fraction of sp³-hybridized carbons (Fsp3) is 0.300. The molecule has 78 valence electrons. The number of carboxylic acid groups (broad SMARTS) is 1. The number of fused-ring (bicyclic) bond motifs is 1. The van der Waals surface area contributed by atoms with Crippen LogP contribution in [0.2, 0.25) is 0 Å². The second-order valence-electron chi connectivity index (χ2n) is 3.48. The molecule has 0 unspecified atom stereocenters. The number of aromatic nitrogens is 3. The number of carbonyl (C=O) groups is 1. The number of carbonyl (C=O) groups excluding carboxylic acids is 1. The van der Waals surface area contributed by atoms with Crippen molar-refractivity contribution in [3.63, 3.8) is 0 Å². The topological polar surface area (TPSA) is 70.8 Å². The predicted octanol–water partition coefficient (Wildman–Crippen LogP) is -0.183. The molecule has 5 nitrogen and oxygen atoms in total. The molecule has 1 aromatic heterocycles. The lowest BCUT2D eigenvalue weighted by molar-refractivity contribution is -0.311. The minimum atomic E-state index is -1.07. The molecular formula is C10H10N3O2-. The predicted molar refractivity (Wildman–Crippen MR) is 51.7 cm³/mol. The molecule has 0 saturated carbocycles. The van der Waals surface area contributed by atoms with Crippen LogP contribution in [-0.4, -0.2) is 21.0 Å². The van der Waals surface area contributed by atoms with Crippen LogP contribution in [0.3, 0.4) is 0 Å². The van der Waals surface area contributed by atoms with Crippen LogP contribution in [0, 0.1) is 5.92 Å². The van der Waals surface area contributed by atoms with E-state index in [1.807, 2.05) is 24.3 Å². The Bertz CT molecular complexity index is 492. The molecule has 2 rings (SSSR count). The van der Waals surface area contributed by atoms with E-state index in [1.54, 1.807) is 11.6 Å². The molecule has 0 bridgehead atoms. The molecular weight excluding hydrogens is 194 g/mol. The first-order valence-corrected chi connectivity index (χ1v) is 4.67. The Kier molecular flexibility index (Phi) is 2.37. The van der Waals surface area contributed by atoms with E-state index in [1.165, 1.54) is 0 Å². The Morgan fingerprint density at radius 2 is 2.27 bits per heavy atom. The van der Waals surface area contributed by atoms with Gasteiger partial charge < -0.3 is 9.90 Å².